The van der Waals surface area contributed by atoms with Crippen molar-refractivity contribution >= 4 is 11.4 Å². The lowest BCUT2D eigenvalue weighted by Crippen LogP contribution is -2.17. The van der Waals surface area contributed by atoms with E-state index in [4.69, 9.17) is 4.74 Å². The Morgan fingerprint density at radius 3 is 2.55 bits per heavy atom. The summed E-state index contributed by atoms with van der Waals surface area (Å²) in [5.41, 5.74) is 4.89. The summed E-state index contributed by atoms with van der Waals surface area (Å²) in [5, 5.41) is 0. The van der Waals surface area contributed by atoms with Crippen LogP contribution in [-0.4, -0.2) is 12.4 Å². The molecule has 0 saturated heterocycles. The number of carbonyl (C=O) groups excluding carboxylic acids is 1. The zero-order chi connectivity index (χ0) is 14.9. The Balaban J connectivity index is 2.47. The number of ether oxygens (including phenoxy) is 1. The van der Waals surface area contributed by atoms with Crippen molar-refractivity contribution in [2.75, 3.05) is 6.61 Å². The highest BCUT2D eigenvalue weighted by molar-refractivity contribution is 5.80. The number of benzene rings is 1. The van der Waals surface area contributed by atoms with Crippen LogP contribution in [-0.2, 0) is 4.79 Å². The first-order valence-electron chi connectivity index (χ1n) is 7.24. The molecule has 2 nitrogen and oxygen atoms in total. The van der Waals surface area contributed by atoms with Crippen LogP contribution in [0, 0.1) is 19.3 Å². The fraction of sp³-hybridized carbons (Fsp3) is 0.500. The number of Topliss-reactive ketones (excluding diaryl/α,β-unsaturated/α-hetero) is 1. The Morgan fingerprint density at radius 1 is 1.25 bits per heavy atom. The second-order valence-electron chi connectivity index (χ2n) is 6.58. The number of carbonyl (C=O) groups is 1. The molecule has 0 aliphatic carbocycles. The number of hydrogen-bond donors (Lipinski definition) is 0. The third-order valence-corrected chi connectivity index (χ3v) is 3.85. The minimum Gasteiger partial charge on any atom is -0.492 e. The minimum atomic E-state index is -0.00699. The largest absolute Gasteiger partial charge is 0.492 e. The minimum absolute atomic E-state index is 0.00699. The molecule has 0 atom stereocenters. The van der Waals surface area contributed by atoms with E-state index in [9.17, 15) is 4.79 Å². The van der Waals surface area contributed by atoms with Gasteiger partial charge in [0.1, 0.15) is 11.5 Å². The van der Waals surface area contributed by atoms with Gasteiger partial charge in [-0.3, -0.25) is 0 Å². The van der Waals surface area contributed by atoms with Crippen LogP contribution in [0.5, 0.6) is 5.75 Å². The van der Waals surface area contributed by atoms with Gasteiger partial charge in [0.15, 0.2) is 0 Å². The van der Waals surface area contributed by atoms with Crippen LogP contribution in [0.15, 0.2) is 18.2 Å². The van der Waals surface area contributed by atoms with E-state index in [1.165, 1.54) is 16.7 Å². The molecule has 108 valence electrons. The van der Waals surface area contributed by atoms with E-state index in [-0.39, 0.29) is 11.2 Å². The number of hydrogen-bond acceptors (Lipinski definition) is 2. The third kappa shape index (κ3) is 3.30. The van der Waals surface area contributed by atoms with Crippen molar-refractivity contribution < 1.29 is 9.53 Å². The second-order valence-corrected chi connectivity index (χ2v) is 6.58. The Morgan fingerprint density at radius 2 is 1.90 bits per heavy atom. The summed E-state index contributed by atoms with van der Waals surface area (Å²) in [5.74, 6) is 1.19. The van der Waals surface area contributed by atoms with Crippen molar-refractivity contribution in [2.45, 2.75) is 47.5 Å². The molecule has 20 heavy (non-hydrogen) atoms. The summed E-state index contributed by atoms with van der Waals surface area (Å²) in [6.07, 6.45) is 3.66. The van der Waals surface area contributed by atoms with Crippen molar-refractivity contribution in [3.63, 3.8) is 0 Å². The Hall–Kier alpha value is -1.57. The molecule has 1 aromatic rings. The molecule has 0 amide bonds. The van der Waals surface area contributed by atoms with Crippen molar-refractivity contribution in [2.24, 2.45) is 5.41 Å². The lowest BCUT2D eigenvalue weighted by molar-refractivity contribution is -0.116. The molecular weight excluding hydrogens is 248 g/mol. The standard InChI is InChI=1S/C18H24O2/c1-12-8-16-15(7-6-14(3)19)10-18(4,5)11-20-17(16)9-13(12)2/h8-10H,6-7,11H2,1-5H3. The van der Waals surface area contributed by atoms with Crippen LogP contribution in [0.4, 0.5) is 0 Å². The zero-order valence-corrected chi connectivity index (χ0v) is 13.2. The van der Waals surface area contributed by atoms with Crippen molar-refractivity contribution in [3.8, 4) is 5.75 Å². The molecule has 2 heteroatoms. The number of allylic oxidation sites excluding steroid dienone is 1. The van der Waals surface area contributed by atoms with E-state index >= 15 is 0 Å². The van der Waals surface area contributed by atoms with E-state index in [1.807, 2.05) is 0 Å². The molecule has 1 heterocycles. The van der Waals surface area contributed by atoms with E-state index < -0.39 is 0 Å². The van der Waals surface area contributed by atoms with Crippen molar-refractivity contribution in [1.82, 2.24) is 0 Å². The highest BCUT2D eigenvalue weighted by Crippen LogP contribution is 2.38. The summed E-state index contributed by atoms with van der Waals surface area (Å²) in [6, 6.07) is 4.31. The monoisotopic (exact) mass is 272 g/mol. The maximum Gasteiger partial charge on any atom is 0.130 e. The summed E-state index contributed by atoms with van der Waals surface area (Å²) in [7, 11) is 0. The molecule has 0 radical (unpaired) electrons. The van der Waals surface area contributed by atoms with Crippen LogP contribution in [0.2, 0.25) is 0 Å². The van der Waals surface area contributed by atoms with Gasteiger partial charge in [-0.25, -0.2) is 0 Å². The molecule has 0 fully saturated rings. The van der Waals surface area contributed by atoms with E-state index in [1.54, 1.807) is 6.92 Å². The van der Waals surface area contributed by atoms with Gasteiger partial charge in [-0.15, -0.1) is 0 Å². The molecule has 1 aromatic carbocycles. The summed E-state index contributed by atoms with van der Waals surface area (Å²) in [6.45, 7) is 10.9. The number of fused-ring (bicyclic) bond motifs is 1. The maximum atomic E-state index is 11.3. The van der Waals surface area contributed by atoms with Crippen LogP contribution in [0.1, 0.15) is 50.3 Å². The van der Waals surface area contributed by atoms with Gasteiger partial charge < -0.3 is 9.53 Å². The Bertz CT molecular complexity index is 565. The van der Waals surface area contributed by atoms with Gasteiger partial charge in [-0.1, -0.05) is 19.9 Å². The van der Waals surface area contributed by atoms with Crippen LogP contribution in [0.3, 0.4) is 0 Å². The fourth-order valence-corrected chi connectivity index (χ4v) is 2.53. The molecule has 0 aromatic heterocycles. The molecule has 0 unspecified atom stereocenters. The highest BCUT2D eigenvalue weighted by Gasteiger charge is 2.24. The fourth-order valence-electron chi connectivity index (χ4n) is 2.53. The van der Waals surface area contributed by atoms with E-state index in [0.29, 0.717) is 13.0 Å². The third-order valence-electron chi connectivity index (χ3n) is 3.85. The highest BCUT2D eigenvalue weighted by atomic mass is 16.5. The number of ketones is 1. The molecule has 0 bridgehead atoms. The lowest BCUT2D eigenvalue weighted by Gasteiger charge is -2.18. The molecular formula is C18H24O2. The Kier molecular flexibility index (Phi) is 4.03. The normalized spacial score (nSPS) is 16.8. The van der Waals surface area contributed by atoms with Crippen molar-refractivity contribution in [3.05, 3.63) is 34.9 Å². The maximum absolute atomic E-state index is 11.3. The SMILES string of the molecule is CC(=O)CCC1=CC(C)(C)COc2cc(C)c(C)cc21. The number of aryl methyl sites for hydroxylation is 2. The summed E-state index contributed by atoms with van der Waals surface area (Å²) < 4.78 is 6.00. The quantitative estimate of drug-likeness (QED) is 0.811. The summed E-state index contributed by atoms with van der Waals surface area (Å²) >= 11 is 0. The molecule has 0 spiro atoms. The van der Waals surface area contributed by atoms with Gasteiger partial charge in [-0.05, 0) is 56.0 Å². The van der Waals surface area contributed by atoms with Crippen molar-refractivity contribution in [1.29, 1.82) is 0 Å². The average Bonchev–Trinajstić information content (AvgIpc) is 2.46. The Labute approximate surface area is 121 Å². The number of rotatable bonds is 3. The van der Waals surface area contributed by atoms with Gasteiger partial charge >= 0.3 is 0 Å². The van der Waals surface area contributed by atoms with Gasteiger partial charge in [0.2, 0.25) is 0 Å². The van der Waals surface area contributed by atoms with Crippen LogP contribution in [0.25, 0.3) is 5.57 Å². The molecule has 2 rings (SSSR count). The average molecular weight is 272 g/mol. The van der Waals surface area contributed by atoms with Gasteiger partial charge in [-0.2, -0.15) is 0 Å². The molecule has 0 saturated carbocycles. The van der Waals surface area contributed by atoms with E-state index in [2.05, 4.69) is 45.9 Å². The first-order chi connectivity index (χ1) is 9.28. The van der Waals surface area contributed by atoms with Gasteiger partial charge in [0, 0.05) is 17.4 Å². The first-order valence-corrected chi connectivity index (χ1v) is 7.24. The zero-order valence-electron chi connectivity index (χ0n) is 13.2. The van der Waals surface area contributed by atoms with E-state index in [0.717, 1.165) is 17.7 Å². The summed E-state index contributed by atoms with van der Waals surface area (Å²) in [4.78, 5) is 11.3. The smallest absolute Gasteiger partial charge is 0.130 e. The van der Waals surface area contributed by atoms with Gasteiger partial charge in [0.05, 0.1) is 6.61 Å². The second kappa shape index (κ2) is 5.43. The van der Waals surface area contributed by atoms with Gasteiger partial charge in [0.25, 0.3) is 0 Å². The lowest BCUT2D eigenvalue weighted by atomic mass is 9.88. The van der Waals surface area contributed by atoms with Crippen LogP contribution >= 0.6 is 0 Å². The topological polar surface area (TPSA) is 26.3 Å². The first kappa shape index (κ1) is 14.8. The molecule has 1 aliphatic rings. The van der Waals surface area contributed by atoms with Crippen LogP contribution < -0.4 is 4.74 Å². The molecule has 0 N–H and O–H groups in total. The predicted octanol–water partition coefficient (Wildman–Crippen LogP) is 4.47. The molecule has 1 aliphatic heterocycles. The predicted molar refractivity (Wildman–Crippen MR) is 83.1 cm³/mol.